The molecular weight excluding hydrogens is 445 g/mol. The summed E-state index contributed by atoms with van der Waals surface area (Å²) in [6, 6.07) is 9.26. The number of halogens is 2. The Hall–Kier alpha value is -2.30. The van der Waals surface area contributed by atoms with Gasteiger partial charge >= 0.3 is 0 Å². The van der Waals surface area contributed by atoms with E-state index in [0.29, 0.717) is 30.9 Å². The number of aromatic nitrogens is 2. The highest BCUT2D eigenvalue weighted by atomic mass is 35.5. The van der Waals surface area contributed by atoms with Crippen LogP contribution in [-0.2, 0) is 32.6 Å². The van der Waals surface area contributed by atoms with Crippen molar-refractivity contribution in [3.05, 3.63) is 71.9 Å². The summed E-state index contributed by atoms with van der Waals surface area (Å²) in [5.41, 5.74) is 1.78. The third-order valence-electron chi connectivity index (χ3n) is 4.40. The Morgan fingerprint density at radius 3 is 2.61 bits per heavy atom. The van der Waals surface area contributed by atoms with Gasteiger partial charge in [0.15, 0.2) is 0 Å². The van der Waals surface area contributed by atoms with Crippen LogP contribution < -0.4 is 5.32 Å². The van der Waals surface area contributed by atoms with Crippen LogP contribution in [0.4, 0.5) is 4.39 Å². The molecule has 10 heteroatoms. The van der Waals surface area contributed by atoms with Gasteiger partial charge in [0.2, 0.25) is 0 Å². The number of rotatable bonds is 10. The molecule has 0 aliphatic heterocycles. The van der Waals surface area contributed by atoms with Gasteiger partial charge in [-0.3, -0.25) is 4.98 Å². The first kappa shape index (κ1) is 25.0. The summed E-state index contributed by atoms with van der Waals surface area (Å²) in [5.74, 6) is -0.499. The molecular formula is C21H25ClFN3O4S. The van der Waals surface area contributed by atoms with Gasteiger partial charge < -0.3 is 14.8 Å². The van der Waals surface area contributed by atoms with Gasteiger partial charge in [-0.05, 0) is 42.4 Å². The van der Waals surface area contributed by atoms with Gasteiger partial charge in [0.05, 0.1) is 25.5 Å². The van der Waals surface area contributed by atoms with Crippen LogP contribution in [0.2, 0.25) is 0 Å². The van der Waals surface area contributed by atoms with Crippen molar-refractivity contribution in [2.75, 3.05) is 27.4 Å². The van der Waals surface area contributed by atoms with E-state index in [1.54, 1.807) is 44.6 Å². The molecule has 0 spiro atoms. The maximum absolute atomic E-state index is 14.4. The second-order valence-electron chi connectivity index (χ2n) is 6.62. The van der Waals surface area contributed by atoms with Gasteiger partial charge in [-0.15, -0.1) is 12.4 Å². The number of hydrogen-bond acceptors (Lipinski definition) is 6. The zero-order valence-corrected chi connectivity index (χ0v) is 18.9. The molecule has 1 aromatic carbocycles. The third kappa shape index (κ3) is 5.90. The lowest BCUT2D eigenvalue weighted by Crippen LogP contribution is -2.14. The van der Waals surface area contributed by atoms with Crippen LogP contribution in [0, 0.1) is 5.82 Å². The predicted octanol–water partition coefficient (Wildman–Crippen LogP) is 3.23. The van der Waals surface area contributed by atoms with E-state index in [1.807, 2.05) is 0 Å². The Labute approximate surface area is 187 Å². The highest BCUT2D eigenvalue weighted by molar-refractivity contribution is 7.90. The average Bonchev–Trinajstić information content (AvgIpc) is 3.17. The summed E-state index contributed by atoms with van der Waals surface area (Å²) in [6.45, 7) is 1.47. The summed E-state index contributed by atoms with van der Waals surface area (Å²) in [5, 5.41) is 2.98. The maximum atomic E-state index is 14.4. The molecule has 0 amide bonds. The molecule has 0 aliphatic rings. The van der Waals surface area contributed by atoms with E-state index in [1.165, 1.54) is 24.5 Å². The topological polar surface area (TPSA) is 82.5 Å². The zero-order chi connectivity index (χ0) is 21.6. The molecule has 3 rings (SSSR count). The quantitative estimate of drug-likeness (QED) is 0.459. The molecule has 168 valence electrons. The van der Waals surface area contributed by atoms with Crippen molar-refractivity contribution < 1.29 is 22.3 Å². The van der Waals surface area contributed by atoms with E-state index < -0.39 is 15.8 Å². The molecule has 0 saturated carbocycles. The summed E-state index contributed by atoms with van der Waals surface area (Å²) in [4.78, 5) is 4.05. The van der Waals surface area contributed by atoms with E-state index in [9.17, 15) is 12.8 Å². The molecule has 0 aliphatic carbocycles. The Balaban J connectivity index is 0.00000341. The number of pyridine rings is 1. The normalized spacial score (nSPS) is 11.3. The number of ether oxygens (including phenoxy) is 2. The highest BCUT2D eigenvalue weighted by Crippen LogP contribution is 2.29. The first-order valence-corrected chi connectivity index (χ1v) is 10.8. The lowest BCUT2D eigenvalue weighted by Gasteiger charge is -2.12. The summed E-state index contributed by atoms with van der Waals surface area (Å²) in [6.07, 6.45) is 4.32. The minimum atomic E-state index is -4.01. The predicted molar refractivity (Wildman–Crippen MR) is 118 cm³/mol. The maximum Gasteiger partial charge on any atom is 0.269 e. The number of nitrogens with zero attached hydrogens (tertiary/aromatic N) is 2. The van der Waals surface area contributed by atoms with E-state index in [-0.39, 0.29) is 35.2 Å². The summed E-state index contributed by atoms with van der Waals surface area (Å²) >= 11 is 0. The first-order valence-electron chi connectivity index (χ1n) is 9.34. The molecule has 3 aromatic rings. The average molecular weight is 470 g/mol. The molecule has 2 aromatic heterocycles. The van der Waals surface area contributed by atoms with Gasteiger partial charge in [0, 0.05) is 37.8 Å². The molecule has 0 atom stereocenters. The van der Waals surface area contributed by atoms with Crippen LogP contribution in [0.1, 0.15) is 11.1 Å². The largest absolute Gasteiger partial charge is 0.382 e. The summed E-state index contributed by atoms with van der Waals surface area (Å²) < 4.78 is 52.7. The van der Waals surface area contributed by atoms with Crippen LogP contribution in [0.5, 0.6) is 0 Å². The molecule has 31 heavy (non-hydrogen) atoms. The zero-order valence-electron chi connectivity index (χ0n) is 17.2. The Morgan fingerprint density at radius 2 is 1.90 bits per heavy atom. The molecule has 0 radical (unpaired) electrons. The van der Waals surface area contributed by atoms with Crippen LogP contribution in [0.3, 0.4) is 0 Å². The molecule has 0 saturated heterocycles. The molecule has 2 heterocycles. The van der Waals surface area contributed by atoms with Gasteiger partial charge in [0.25, 0.3) is 10.0 Å². The number of hydrogen-bond donors (Lipinski definition) is 1. The van der Waals surface area contributed by atoms with Crippen molar-refractivity contribution in [1.82, 2.24) is 14.3 Å². The van der Waals surface area contributed by atoms with E-state index in [0.717, 1.165) is 3.97 Å². The monoisotopic (exact) mass is 469 g/mol. The van der Waals surface area contributed by atoms with Gasteiger partial charge in [-0.25, -0.2) is 16.8 Å². The summed E-state index contributed by atoms with van der Waals surface area (Å²) in [7, 11) is -0.681. The lowest BCUT2D eigenvalue weighted by atomic mass is 10.1. The smallest absolute Gasteiger partial charge is 0.269 e. The molecule has 7 nitrogen and oxygen atoms in total. The van der Waals surface area contributed by atoms with E-state index >= 15 is 0 Å². The van der Waals surface area contributed by atoms with Crippen molar-refractivity contribution in [3.63, 3.8) is 0 Å². The SMILES string of the molecule is CNCc1cc(-c2ccccc2F)n(S(=O)(=O)c2cncc(COCCOC)c2)c1.Cl. The number of methoxy groups -OCH3 is 1. The Kier molecular flexibility index (Phi) is 9.15. The standard InChI is InChI=1S/C21H24FN3O4S.ClH/c1-23-11-16-10-21(19-5-3-4-6-20(19)22)25(14-16)30(26,27)18-9-17(12-24-13-18)15-29-8-7-28-2;/h3-6,9-10,12-14,23H,7-8,11,15H2,1-2H3;1H. The van der Waals surface area contributed by atoms with Gasteiger partial charge in [-0.2, -0.15) is 0 Å². The van der Waals surface area contributed by atoms with Crippen LogP contribution in [0.15, 0.2) is 59.9 Å². The Morgan fingerprint density at radius 1 is 1.13 bits per heavy atom. The van der Waals surface area contributed by atoms with Crippen molar-refractivity contribution >= 4 is 22.4 Å². The minimum absolute atomic E-state index is 0. The van der Waals surface area contributed by atoms with Crippen LogP contribution in [0.25, 0.3) is 11.3 Å². The fourth-order valence-corrected chi connectivity index (χ4v) is 4.40. The van der Waals surface area contributed by atoms with Gasteiger partial charge in [0.1, 0.15) is 10.7 Å². The van der Waals surface area contributed by atoms with E-state index in [2.05, 4.69) is 10.3 Å². The first-order chi connectivity index (χ1) is 14.5. The molecule has 1 N–H and O–H groups in total. The Bertz CT molecular complexity index is 1110. The molecule has 0 fully saturated rings. The lowest BCUT2D eigenvalue weighted by molar-refractivity contribution is 0.0615. The van der Waals surface area contributed by atoms with Crippen molar-refractivity contribution in [3.8, 4) is 11.3 Å². The minimum Gasteiger partial charge on any atom is -0.382 e. The third-order valence-corrected chi connectivity index (χ3v) is 6.04. The fraction of sp³-hybridized carbons (Fsp3) is 0.286. The van der Waals surface area contributed by atoms with Crippen LogP contribution >= 0.6 is 12.4 Å². The second-order valence-corrected chi connectivity index (χ2v) is 8.43. The second kappa shape index (κ2) is 11.4. The highest BCUT2D eigenvalue weighted by Gasteiger charge is 2.24. The van der Waals surface area contributed by atoms with Gasteiger partial charge in [-0.1, -0.05) is 12.1 Å². The fourth-order valence-electron chi connectivity index (χ4n) is 2.99. The van der Waals surface area contributed by atoms with Crippen molar-refractivity contribution in [2.45, 2.75) is 18.0 Å². The van der Waals surface area contributed by atoms with Crippen molar-refractivity contribution in [1.29, 1.82) is 0 Å². The van der Waals surface area contributed by atoms with Crippen molar-refractivity contribution in [2.24, 2.45) is 0 Å². The molecule has 0 unspecified atom stereocenters. The molecule has 0 bridgehead atoms. The van der Waals surface area contributed by atoms with Crippen LogP contribution in [-0.4, -0.2) is 44.7 Å². The number of benzene rings is 1. The van der Waals surface area contributed by atoms with E-state index in [4.69, 9.17) is 9.47 Å². The number of nitrogens with one attached hydrogen (secondary N) is 1.